The molecule has 174 valence electrons. The van der Waals surface area contributed by atoms with E-state index in [9.17, 15) is 4.79 Å². The highest BCUT2D eigenvalue weighted by Crippen LogP contribution is 2.28. The molecule has 0 unspecified atom stereocenters. The van der Waals surface area contributed by atoms with Crippen molar-refractivity contribution < 1.29 is 9.53 Å². The Morgan fingerprint density at radius 2 is 1.77 bits per heavy atom. The van der Waals surface area contributed by atoms with Crippen LogP contribution in [0.3, 0.4) is 0 Å². The Labute approximate surface area is 202 Å². The minimum absolute atomic E-state index is 0.173. The molecule has 0 saturated carbocycles. The van der Waals surface area contributed by atoms with E-state index < -0.39 is 0 Å². The largest absolute Gasteiger partial charge is 0.497 e. The first kappa shape index (κ1) is 22.1. The number of methoxy groups -OCH3 is 1. The van der Waals surface area contributed by atoms with Gasteiger partial charge >= 0.3 is 0 Å². The summed E-state index contributed by atoms with van der Waals surface area (Å²) in [4.78, 5) is 22.7. The van der Waals surface area contributed by atoms with Gasteiger partial charge in [-0.15, -0.1) is 0 Å². The van der Waals surface area contributed by atoms with Crippen LogP contribution in [0.4, 0.5) is 5.82 Å². The number of amides is 1. The third-order valence-corrected chi connectivity index (χ3v) is 5.66. The number of nitrogens with two attached hydrogens (primary N) is 1. The lowest BCUT2D eigenvalue weighted by atomic mass is 10.1. The van der Waals surface area contributed by atoms with E-state index in [1.165, 1.54) is 4.68 Å². The second-order valence-electron chi connectivity index (χ2n) is 7.97. The maximum atomic E-state index is 13.2. The number of rotatable bonds is 7. The molecule has 0 bridgehead atoms. The van der Waals surface area contributed by atoms with Gasteiger partial charge in [-0.05, 0) is 41.8 Å². The topological polar surface area (TPSA) is 107 Å². The number of fused-ring (bicyclic) bond motifs is 2. The maximum absolute atomic E-state index is 13.2. The predicted octanol–water partition coefficient (Wildman–Crippen LogP) is 4.03. The highest BCUT2D eigenvalue weighted by Gasteiger charge is 2.23. The molecule has 0 saturated heterocycles. The highest BCUT2D eigenvalue weighted by atomic mass is 16.5. The normalized spacial score (nSPS) is 11.3. The van der Waals surface area contributed by atoms with Crippen molar-refractivity contribution >= 4 is 40.1 Å². The lowest BCUT2D eigenvalue weighted by molar-refractivity contribution is 0.0956. The van der Waals surface area contributed by atoms with Gasteiger partial charge < -0.3 is 15.8 Å². The summed E-state index contributed by atoms with van der Waals surface area (Å²) in [5, 5.41) is 7.51. The molecule has 0 atom stereocenters. The zero-order valence-corrected chi connectivity index (χ0v) is 19.2. The van der Waals surface area contributed by atoms with Gasteiger partial charge in [0.1, 0.15) is 22.6 Å². The van der Waals surface area contributed by atoms with Crippen LogP contribution in [-0.2, 0) is 6.42 Å². The van der Waals surface area contributed by atoms with Gasteiger partial charge in [0.25, 0.3) is 5.91 Å². The highest BCUT2D eigenvalue weighted by molar-refractivity contribution is 6.10. The molecule has 5 rings (SSSR count). The number of para-hydroxylation sites is 2. The Morgan fingerprint density at radius 1 is 1.03 bits per heavy atom. The molecule has 0 fully saturated rings. The van der Waals surface area contributed by atoms with Gasteiger partial charge in [0, 0.05) is 6.54 Å². The minimum Gasteiger partial charge on any atom is -0.497 e. The van der Waals surface area contributed by atoms with Crippen molar-refractivity contribution in [2.45, 2.75) is 6.42 Å². The van der Waals surface area contributed by atoms with Crippen molar-refractivity contribution in [1.29, 1.82) is 0 Å². The molecule has 5 aromatic rings. The number of nitrogens with zero attached hydrogens (tertiary/aromatic N) is 4. The van der Waals surface area contributed by atoms with E-state index in [1.807, 2.05) is 78.9 Å². The van der Waals surface area contributed by atoms with Gasteiger partial charge in [0.15, 0.2) is 5.65 Å². The van der Waals surface area contributed by atoms with Crippen molar-refractivity contribution in [2.75, 3.05) is 19.4 Å². The number of aromatic nitrogens is 3. The second-order valence-corrected chi connectivity index (χ2v) is 7.97. The summed E-state index contributed by atoms with van der Waals surface area (Å²) in [5.74, 6) is 0.568. The molecule has 2 aromatic heterocycles. The first-order valence-electron chi connectivity index (χ1n) is 11.2. The molecule has 2 heterocycles. The molecule has 3 N–H and O–H groups in total. The number of carbonyl (C=O) groups is 1. The molecule has 35 heavy (non-hydrogen) atoms. The van der Waals surface area contributed by atoms with Gasteiger partial charge in [-0.1, -0.05) is 54.6 Å². The third-order valence-electron chi connectivity index (χ3n) is 5.66. The van der Waals surface area contributed by atoms with Crippen LogP contribution in [0.2, 0.25) is 0 Å². The predicted molar refractivity (Wildman–Crippen MR) is 138 cm³/mol. The van der Waals surface area contributed by atoms with Crippen molar-refractivity contribution in [3.63, 3.8) is 0 Å². The fourth-order valence-electron chi connectivity index (χ4n) is 3.89. The van der Waals surface area contributed by atoms with E-state index in [1.54, 1.807) is 13.3 Å². The van der Waals surface area contributed by atoms with E-state index in [2.05, 4.69) is 10.4 Å². The lowest BCUT2D eigenvalue weighted by Crippen LogP contribution is -2.26. The molecular weight excluding hydrogens is 440 g/mol. The Bertz CT molecular complexity index is 1540. The quantitative estimate of drug-likeness (QED) is 0.354. The van der Waals surface area contributed by atoms with E-state index in [0.29, 0.717) is 40.9 Å². The number of anilines is 1. The van der Waals surface area contributed by atoms with Gasteiger partial charge in [0.05, 0.1) is 24.4 Å². The minimum atomic E-state index is -0.316. The number of ether oxygens (including phenoxy) is 1. The molecule has 0 aliphatic heterocycles. The van der Waals surface area contributed by atoms with Crippen LogP contribution < -0.4 is 15.8 Å². The van der Waals surface area contributed by atoms with Crippen LogP contribution in [0.5, 0.6) is 5.75 Å². The molecule has 0 aliphatic carbocycles. The van der Waals surface area contributed by atoms with Gasteiger partial charge in [-0.2, -0.15) is 9.78 Å². The summed E-state index contributed by atoms with van der Waals surface area (Å²) in [6.07, 6.45) is 2.35. The summed E-state index contributed by atoms with van der Waals surface area (Å²) in [6, 6.07) is 24.9. The van der Waals surface area contributed by atoms with Gasteiger partial charge in [-0.25, -0.2) is 9.97 Å². The summed E-state index contributed by atoms with van der Waals surface area (Å²) >= 11 is 0. The van der Waals surface area contributed by atoms with Gasteiger partial charge in [-0.3, -0.25) is 4.79 Å². The molecule has 0 spiro atoms. The average molecular weight is 465 g/mol. The summed E-state index contributed by atoms with van der Waals surface area (Å²) < 4.78 is 6.74. The van der Waals surface area contributed by atoms with Gasteiger partial charge in [0.2, 0.25) is 0 Å². The number of hydrogen-bond donors (Lipinski definition) is 2. The first-order valence-corrected chi connectivity index (χ1v) is 11.2. The smallest absolute Gasteiger partial charge is 0.257 e. The van der Waals surface area contributed by atoms with Crippen LogP contribution in [0.1, 0.15) is 21.5 Å². The third kappa shape index (κ3) is 4.54. The average Bonchev–Trinajstić information content (AvgIpc) is 3.16. The summed E-state index contributed by atoms with van der Waals surface area (Å²) in [5.41, 5.74) is 10.8. The molecule has 1 amide bonds. The first-order chi connectivity index (χ1) is 17.1. The van der Waals surface area contributed by atoms with E-state index in [0.717, 1.165) is 11.1 Å². The van der Waals surface area contributed by atoms with E-state index >= 15 is 0 Å². The fourth-order valence-corrected chi connectivity index (χ4v) is 3.89. The zero-order chi connectivity index (χ0) is 24.2. The van der Waals surface area contributed by atoms with Crippen LogP contribution in [0.15, 0.2) is 84.0 Å². The Morgan fingerprint density at radius 3 is 2.54 bits per heavy atom. The molecule has 8 heteroatoms. The molecule has 3 aromatic carbocycles. The van der Waals surface area contributed by atoms with Crippen molar-refractivity contribution in [1.82, 2.24) is 20.0 Å². The molecule has 0 aliphatic rings. The maximum Gasteiger partial charge on any atom is 0.257 e. The van der Waals surface area contributed by atoms with Crippen LogP contribution in [0.25, 0.3) is 22.2 Å². The molecular formula is C27H24N6O2. The SMILES string of the molecule is COc1cccc(/C=N/n2c(N)c(C(=O)NCCc3ccccc3)c3nc4ccccc4nc32)c1. The number of benzene rings is 3. The number of carbonyl (C=O) groups excluding carboxylic acids is 1. The Balaban J connectivity index is 1.53. The van der Waals surface area contributed by atoms with Crippen LogP contribution in [0, 0.1) is 0 Å². The molecule has 8 nitrogen and oxygen atoms in total. The molecule has 0 radical (unpaired) electrons. The monoisotopic (exact) mass is 464 g/mol. The van der Waals surface area contributed by atoms with Crippen molar-refractivity contribution in [3.8, 4) is 5.75 Å². The Kier molecular flexibility index (Phi) is 6.09. The van der Waals surface area contributed by atoms with Crippen molar-refractivity contribution in [3.05, 3.63) is 95.6 Å². The van der Waals surface area contributed by atoms with Crippen LogP contribution in [-0.4, -0.2) is 40.4 Å². The number of nitrogen functional groups attached to an aromatic ring is 1. The Hall–Kier alpha value is -4.72. The number of hydrogen-bond acceptors (Lipinski definition) is 6. The summed E-state index contributed by atoms with van der Waals surface area (Å²) in [7, 11) is 1.61. The van der Waals surface area contributed by atoms with E-state index in [-0.39, 0.29) is 17.3 Å². The van der Waals surface area contributed by atoms with E-state index in [4.69, 9.17) is 20.4 Å². The zero-order valence-electron chi connectivity index (χ0n) is 19.2. The number of nitrogens with one attached hydrogen (secondary N) is 1. The fraction of sp³-hybridized carbons (Fsp3) is 0.111. The standard InChI is InChI=1S/C27H24N6O2/c1-35-20-11-7-10-19(16-20)17-30-33-25(28)23(27(34)29-15-14-18-8-3-2-4-9-18)24-26(33)32-22-13-6-5-12-21(22)31-24/h2-13,16-17H,14-15,28H2,1H3,(H,29,34)/b30-17+. The van der Waals surface area contributed by atoms with Crippen LogP contribution >= 0.6 is 0 Å². The lowest BCUT2D eigenvalue weighted by Gasteiger charge is -2.06. The summed E-state index contributed by atoms with van der Waals surface area (Å²) in [6.45, 7) is 0.461. The second kappa shape index (κ2) is 9.64. The van der Waals surface area contributed by atoms with Crippen molar-refractivity contribution in [2.24, 2.45) is 5.10 Å².